The first-order valence-corrected chi connectivity index (χ1v) is 9.55. The van der Waals surface area contributed by atoms with Crippen molar-refractivity contribution in [2.45, 2.75) is 6.04 Å². The summed E-state index contributed by atoms with van der Waals surface area (Å²) in [6.45, 7) is 0. The maximum absolute atomic E-state index is 12.9. The van der Waals surface area contributed by atoms with Gasteiger partial charge in [0.1, 0.15) is 17.6 Å². The smallest absolute Gasteiger partial charge is 0.270 e. The van der Waals surface area contributed by atoms with Crippen molar-refractivity contribution in [2.75, 3.05) is 0 Å². The van der Waals surface area contributed by atoms with Crippen LogP contribution in [-0.2, 0) is 7.05 Å². The second-order valence-electron chi connectivity index (χ2n) is 6.39. The number of benzene rings is 2. The number of amides is 1. The van der Waals surface area contributed by atoms with E-state index in [1.807, 2.05) is 72.4 Å². The van der Waals surface area contributed by atoms with Crippen molar-refractivity contribution >= 4 is 21.8 Å². The number of carbonyl (C=O) groups is 1. The minimum absolute atomic E-state index is 0.243. The molecule has 1 unspecified atom stereocenters. The molecule has 0 spiro atoms. The van der Waals surface area contributed by atoms with Crippen molar-refractivity contribution in [3.8, 4) is 11.3 Å². The first-order chi connectivity index (χ1) is 13.6. The number of aromatic nitrogens is 4. The Bertz CT molecular complexity index is 1090. The third-order valence-corrected chi connectivity index (χ3v) is 5.02. The van der Waals surface area contributed by atoms with E-state index in [1.54, 1.807) is 12.3 Å². The number of carbonyl (C=O) groups excluding carboxylic acids is 1. The van der Waals surface area contributed by atoms with Crippen LogP contribution < -0.4 is 5.32 Å². The molecular formula is C21H18BrN5O. The summed E-state index contributed by atoms with van der Waals surface area (Å²) < 4.78 is 2.89. The molecule has 2 N–H and O–H groups in total. The van der Waals surface area contributed by atoms with Crippen LogP contribution in [0.1, 0.15) is 27.9 Å². The largest absolute Gasteiger partial charge is 0.337 e. The van der Waals surface area contributed by atoms with Crippen molar-refractivity contribution in [3.63, 3.8) is 0 Å². The Morgan fingerprint density at radius 1 is 1.14 bits per heavy atom. The molecule has 0 fully saturated rings. The molecule has 6 nitrogen and oxygen atoms in total. The molecule has 7 heteroatoms. The highest BCUT2D eigenvalue weighted by atomic mass is 79.9. The molecule has 0 aliphatic rings. The van der Waals surface area contributed by atoms with E-state index < -0.39 is 0 Å². The Labute approximate surface area is 170 Å². The first kappa shape index (κ1) is 18.2. The molecule has 4 rings (SSSR count). The van der Waals surface area contributed by atoms with Crippen LogP contribution in [0.15, 0.2) is 77.5 Å². The highest BCUT2D eigenvalue weighted by Crippen LogP contribution is 2.23. The van der Waals surface area contributed by atoms with Crippen molar-refractivity contribution in [3.05, 3.63) is 94.6 Å². The van der Waals surface area contributed by atoms with Crippen LogP contribution in [0.2, 0.25) is 0 Å². The number of halogens is 1. The Morgan fingerprint density at radius 2 is 1.89 bits per heavy atom. The lowest BCUT2D eigenvalue weighted by Crippen LogP contribution is -2.31. The minimum Gasteiger partial charge on any atom is -0.337 e. The number of hydrogen-bond acceptors (Lipinski definition) is 3. The topological polar surface area (TPSA) is 75.6 Å². The molecule has 1 atom stereocenters. The Morgan fingerprint density at radius 3 is 2.57 bits per heavy atom. The van der Waals surface area contributed by atoms with E-state index in [1.165, 1.54) is 0 Å². The Kier molecular flexibility index (Phi) is 5.08. The van der Waals surface area contributed by atoms with Crippen LogP contribution >= 0.6 is 15.9 Å². The lowest BCUT2D eigenvalue weighted by Gasteiger charge is -2.18. The zero-order chi connectivity index (χ0) is 19.5. The lowest BCUT2D eigenvalue weighted by molar-refractivity contribution is 0.0936. The normalized spacial score (nSPS) is 11.9. The summed E-state index contributed by atoms with van der Waals surface area (Å²) in [5.41, 5.74) is 3.00. The van der Waals surface area contributed by atoms with Crippen LogP contribution in [0.5, 0.6) is 0 Å². The molecule has 0 saturated heterocycles. The quantitative estimate of drug-likeness (QED) is 0.495. The SMILES string of the molecule is Cn1ccnc1C(NC(=O)c1cc(-c2ccc(Br)cc2)n[nH]1)c1ccccc1. The van der Waals surface area contributed by atoms with E-state index >= 15 is 0 Å². The van der Waals surface area contributed by atoms with Gasteiger partial charge in [-0.05, 0) is 23.8 Å². The van der Waals surface area contributed by atoms with Crippen molar-refractivity contribution in [2.24, 2.45) is 7.05 Å². The van der Waals surface area contributed by atoms with E-state index in [0.717, 1.165) is 21.4 Å². The molecule has 2 heterocycles. The van der Waals surface area contributed by atoms with Crippen molar-refractivity contribution in [1.29, 1.82) is 0 Å². The molecule has 28 heavy (non-hydrogen) atoms. The summed E-state index contributed by atoms with van der Waals surface area (Å²) in [6, 6.07) is 18.9. The first-order valence-electron chi connectivity index (χ1n) is 8.76. The van der Waals surface area contributed by atoms with Gasteiger partial charge in [0, 0.05) is 29.5 Å². The summed E-state index contributed by atoms with van der Waals surface area (Å²) in [5, 5.41) is 10.2. The van der Waals surface area contributed by atoms with Gasteiger partial charge in [-0.25, -0.2) is 4.98 Å². The fourth-order valence-electron chi connectivity index (χ4n) is 3.01. The molecule has 140 valence electrons. The predicted molar refractivity (Wildman–Crippen MR) is 111 cm³/mol. The summed E-state index contributed by atoms with van der Waals surface area (Å²) in [4.78, 5) is 17.3. The molecule has 0 bridgehead atoms. The monoisotopic (exact) mass is 435 g/mol. The molecule has 0 aliphatic carbocycles. The number of nitrogens with one attached hydrogen (secondary N) is 2. The highest BCUT2D eigenvalue weighted by Gasteiger charge is 2.22. The van der Waals surface area contributed by atoms with E-state index in [-0.39, 0.29) is 11.9 Å². The van der Waals surface area contributed by atoms with Crippen LogP contribution in [-0.4, -0.2) is 25.7 Å². The molecule has 2 aromatic heterocycles. The zero-order valence-electron chi connectivity index (χ0n) is 15.1. The standard InChI is InChI=1S/C21H18BrN5O/c1-27-12-11-23-20(27)19(15-5-3-2-4-6-15)24-21(28)18-13-17(25-26-18)14-7-9-16(22)10-8-14/h2-13,19H,1H3,(H,24,28)(H,25,26). The number of H-pyrrole nitrogens is 1. The predicted octanol–water partition coefficient (Wildman–Crippen LogP) is 4.09. The van der Waals surface area contributed by atoms with Gasteiger partial charge >= 0.3 is 0 Å². The summed E-state index contributed by atoms with van der Waals surface area (Å²) in [7, 11) is 1.91. The Hall–Kier alpha value is -3.19. The van der Waals surface area contributed by atoms with Crippen LogP contribution in [0.3, 0.4) is 0 Å². The van der Waals surface area contributed by atoms with Gasteiger partial charge in [-0.15, -0.1) is 0 Å². The van der Waals surface area contributed by atoms with E-state index in [0.29, 0.717) is 11.4 Å². The Balaban J connectivity index is 1.60. The molecule has 0 radical (unpaired) electrons. The molecule has 1 amide bonds. The van der Waals surface area contributed by atoms with E-state index in [9.17, 15) is 4.79 Å². The summed E-state index contributed by atoms with van der Waals surface area (Å²) in [5.74, 6) is 0.514. The minimum atomic E-state index is -0.367. The molecule has 0 aliphatic heterocycles. The van der Waals surface area contributed by atoms with Gasteiger partial charge in [0.15, 0.2) is 0 Å². The van der Waals surface area contributed by atoms with Gasteiger partial charge in [0.2, 0.25) is 0 Å². The van der Waals surface area contributed by atoms with Crippen LogP contribution in [0.4, 0.5) is 0 Å². The number of nitrogens with zero attached hydrogens (tertiary/aromatic N) is 3. The highest BCUT2D eigenvalue weighted by molar-refractivity contribution is 9.10. The molecule has 4 aromatic rings. The van der Waals surface area contributed by atoms with Gasteiger partial charge in [0.25, 0.3) is 5.91 Å². The number of aryl methyl sites for hydroxylation is 1. The number of rotatable bonds is 5. The van der Waals surface area contributed by atoms with Crippen molar-refractivity contribution in [1.82, 2.24) is 25.1 Å². The van der Waals surface area contributed by atoms with Gasteiger partial charge < -0.3 is 9.88 Å². The van der Waals surface area contributed by atoms with Crippen molar-refractivity contribution < 1.29 is 4.79 Å². The third kappa shape index (κ3) is 3.75. The number of aromatic amines is 1. The second-order valence-corrected chi connectivity index (χ2v) is 7.30. The van der Waals surface area contributed by atoms with Gasteiger partial charge in [-0.3, -0.25) is 9.89 Å². The fourth-order valence-corrected chi connectivity index (χ4v) is 3.28. The summed E-state index contributed by atoms with van der Waals surface area (Å²) >= 11 is 3.42. The number of hydrogen-bond donors (Lipinski definition) is 2. The van der Waals surface area contributed by atoms with Crippen LogP contribution in [0, 0.1) is 0 Å². The summed E-state index contributed by atoms with van der Waals surface area (Å²) in [6.07, 6.45) is 3.58. The number of imidazole rings is 1. The van der Waals surface area contributed by atoms with Gasteiger partial charge in [-0.1, -0.05) is 58.4 Å². The second kappa shape index (κ2) is 7.82. The fraction of sp³-hybridized carbons (Fsp3) is 0.0952. The lowest BCUT2D eigenvalue weighted by atomic mass is 10.1. The molecule has 2 aromatic carbocycles. The molecular weight excluding hydrogens is 418 g/mol. The maximum Gasteiger partial charge on any atom is 0.270 e. The van der Waals surface area contributed by atoms with E-state index in [4.69, 9.17) is 0 Å². The van der Waals surface area contributed by atoms with Gasteiger partial charge in [-0.2, -0.15) is 5.10 Å². The average Bonchev–Trinajstić information content (AvgIpc) is 3.37. The van der Waals surface area contributed by atoms with Crippen LogP contribution in [0.25, 0.3) is 11.3 Å². The van der Waals surface area contributed by atoms with E-state index in [2.05, 4.69) is 36.4 Å². The molecule has 0 saturated carbocycles. The third-order valence-electron chi connectivity index (χ3n) is 4.49. The van der Waals surface area contributed by atoms with Gasteiger partial charge in [0.05, 0.1) is 5.69 Å². The average molecular weight is 436 g/mol. The maximum atomic E-state index is 12.9. The zero-order valence-corrected chi connectivity index (χ0v) is 16.7.